The highest BCUT2D eigenvalue weighted by Gasteiger charge is 2.12. The van der Waals surface area contributed by atoms with E-state index in [0.717, 1.165) is 16.5 Å². The number of thioether (sulfide) groups is 1. The first-order chi connectivity index (χ1) is 12.6. The molecule has 0 N–H and O–H groups in total. The highest BCUT2D eigenvalue weighted by molar-refractivity contribution is 7.98. The van der Waals surface area contributed by atoms with E-state index in [1.165, 1.54) is 16.2 Å². The van der Waals surface area contributed by atoms with Crippen LogP contribution in [-0.2, 0) is 12.8 Å². The lowest BCUT2D eigenvalue weighted by molar-refractivity contribution is 0.793. The summed E-state index contributed by atoms with van der Waals surface area (Å²) >= 11 is 7.42. The molecule has 3 aromatic heterocycles. The van der Waals surface area contributed by atoms with Gasteiger partial charge in [-0.2, -0.15) is 0 Å². The molecule has 0 aliphatic rings. The second-order valence-electron chi connectivity index (χ2n) is 5.68. The van der Waals surface area contributed by atoms with E-state index in [1.807, 2.05) is 54.1 Å². The van der Waals surface area contributed by atoms with Gasteiger partial charge in [-0.3, -0.25) is 9.20 Å². The van der Waals surface area contributed by atoms with Gasteiger partial charge < -0.3 is 4.57 Å². The van der Waals surface area contributed by atoms with Crippen molar-refractivity contribution in [2.75, 3.05) is 0 Å². The van der Waals surface area contributed by atoms with Crippen LogP contribution in [0.2, 0.25) is 5.02 Å². The maximum Gasteiger partial charge on any atom is 0.258 e. The van der Waals surface area contributed by atoms with Gasteiger partial charge in [0, 0.05) is 35.6 Å². The number of halogens is 1. The largest absolute Gasteiger partial charge is 0.305 e. The van der Waals surface area contributed by atoms with Crippen LogP contribution in [0.5, 0.6) is 0 Å². The summed E-state index contributed by atoms with van der Waals surface area (Å²) in [5.74, 6) is 1.29. The number of fused-ring (bicyclic) bond motifs is 1. The van der Waals surface area contributed by atoms with Gasteiger partial charge in [-0.1, -0.05) is 29.4 Å². The van der Waals surface area contributed by atoms with Crippen molar-refractivity contribution in [3.05, 3.63) is 75.8 Å². The number of rotatable bonds is 4. The Labute approximate surface area is 158 Å². The maximum absolute atomic E-state index is 12.2. The number of hydrogen-bond acceptors (Lipinski definition) is 5. The van der Waals surface area contributed by atoms with Crippen molar-refractivity contribution >= 4 is 29.0 Å². The van der Waals surface area contributed by atoms with Gasteiger partial charge >= 0.3 is 0 Å². The molecule has 0 saturated heterocycles. The molecule has 0 fully saturated rings. The van der Waals surface area contributed by atoms with Crippen molar-refractivity contribution in [3.63, 3.8) is 0 Å². The number of aromatic nitrogens is 5. The van der Waals surface area contributed by atoms with Crippen LogP contribution in [0.1, 0.15) is 5.69 Å². The fourth-order valence-corrected chi connectivity index (χ4v) is 3.54. The average Bonchev–Trinajstić information content (AvgIpc) is 3.01. The van der Waals surface area contributed by atoms with Crippen LogP contribution >= 0.6 is 23.4 Å². The molecule has 4 rings (SSSR count). The lowest BCUT2D eigenvalue weighted by Crippen LogP contribution is -2.14. The van der Waals surface area contributed by atoms with Crippen molar-refractivity contribution in [2.24, 2.45) is 7.05 Å². The first-order valence-corrected chi connectivity index (χ1v) is 9.23. The van der Waals surface area contributed by atoms with E-state index in [1.54, 1.807) is 12.3 Å². The highest BCUT2D eigenvalue weighted by Crippen LogP contribution is 2.25. The molecule has 0 aliphatic carbocycles. The third-order valence-electron chi connectivity index (χ3n) is 3.91. The summed E-state index contributed by atoms with van der Waals surface area (Å²) in [6.45, 7) is 0. The van der Waals surface area contributed by atoms with Gasteiger partial charge in [0.25, 0.3) is 5.56 Å². The van der Waals surface area contributed by atoms with E-state index in [-0.39, 0.29) is 5.56 Å². The summed E-state index contributed by atoms with van der Waals surface area (Å²) in [5.41, 5.74) is 2.20. The Bertz CT molecular complexity index is 1140. The van der Waals surface area contributed by atoms with E-state index < -0.39 is 0 Å². The van der Waals surface area contributed by atoms with Gasteiger partial charge in [0.05, 0.1) is 5.69 Å². The molecule has 0 saturated carbocycles. The second-order valence-corrected chi connectivity index (χ2v) is 7.05. The summed E-state index contributed by atoms with van der Waals surface area (Å²) in [7, 11) is 1.91. The zero-order valence-corrected chi connectivity index (χ0v) is 15.4. The molecule has 130 valence electrons. The molecule has 4 aromatic rings. The normalized spacial score (nSPS) is 11.2. The third-order valence-corrected chi connectivity index (χ3v) is 5.22. The molecule has 26 heavy (non-hydrogen) atoms. The van der Waals surface area contributed by atoms with Crippen molar-refractivity contribution in [3.8, 4) is 11.4 Å². The van der Waals surface area contributed by atoms with E-state index in [4.69, 9.17) is 11.6 Å². The van der Waals surface area contributed by atoms with Crippen LogP contribution in [0.25, 0.3) is 17.0 Å². The molecule has 0 radical (unpaired) electrons. The van der Waals surface area contributed by atoms with Gasteiger partial charge in [0.2, 0.25) is 0 Å². The minimum absolute atomic E-state index is 0.0916. The van der Waals surface area contributed by atoms with Gasteiger partial charge in [0.1, 0.15) is 5.65 Å². The Morgan fingerprint density at radius 3 is 2.73 bits per heavy atom. The third kappa shape index (κ3) is 3.23. The molecule has 0 unspecified atom stereocenters. The maximum atomic E-state index is 12.2. The smallest absolute Gasteiger partial charge is 0.258 e. The fraction of sp³-hybridized carbons (Fsp3) is 0.111. The predicted molar refractivity (Wildman–Crippen MR) is 102 cm³/mol. The summed E-state index contributed by atoms with van der Waals surface area (Å²) in [6.07, 6.45) is 1.71. The molecule has 0 amide bonds. The summed E-state index contributed by atoms with van der Waals surface area (Å²) in [4.78, 5) is 16.7. The molecule has 1 aromatic carbocycles. The Kier molecular flexibility index (Phi) is 4.48. The standard InChI is InChI=1S/C18H14ClN5OS/c1-23-17(12-5-7-13(19)8-6-12)21-22-18(23)26-11-14-10-16(25)24-9-3-2-4-15(24)20-14/h2-10H,11H2,1H3. The van der Waals surface area contributed by atoms with Crippen LogP contribution in [0.3, 0.4) is 0 Å². The van der Waals surface area contributed by atoms with Crippen LogP contribution in [0.4, 0.5) is 0 Å². The Morgan fingerprint density at radius 1 is 1.12 bits per heavy atom. The quantitative estimate of drug-likeness (QED) is 0.505. The minimum atomic E-state index is -0.0916. The molecular weight excluding hydrogens is 370 g/mol. The molecule has 6 nitrogen and oxygen atoms in total. The summed E-state index contributed by atoms with van der Waals surface area (Å²) in [6, 6.07) is 14.5. The van der Waals surface area contributed by atoms with Gasteiger partial charge in [-0.25, -0.2) is 4.98 Å². The topological polar surface area (TPSA) is 65.1 Å². The first-order valence-electron chi connectivity index (χ1n) is 7.87. The average molecular weight is 384 g/mol. The van der Waals surface area contributed by atoms with Crippen LogP contribution in [0, 0.1) is 0 Å². The predicted octanol–water partition coefficient (Wildman–Crippen LogP) is 3.44. The van der Waals surface area contributed by atoms with E-state index in [2.05, 4.69) is 15.2 Å². The van der Waals surface area contributed by atoms with E-state index >= 15 is 0 Å². The molecule has 0 spiro atoms. The van der Waals surface area contributed by atoms with Crippen LogP contribution < -0.4 is 5.56 Å². The summed E-state index contributed by atoms with van der Waals surface area (Å²) in [5, 5.41) is 9.94. The number of hydrogen-bond donors (Lipinski definition) is 0. The lowest BCUT2D eigenvalue weighted by Gasteiger charge is -2.05. The molecular formula is C18H14ClN5OS. The summed E-state index contributed by atoms with van der Waals surface area (Å²) < 4.78 is 3.44. The molecule has 3 heterocycles. The van der Waals surface area contributed by atoms with Crippen molar-refractivity contribution < 1.29 is 0 Å². The molecule has 8 heteroatoms. The zero-order chi connectivity index (χ0) is 18.1. The fourth-order valence-electron chi connectivity index (χ4n) is 2.61. The Hall–Kier alpha value is -2.64. The number of benzene rings is 1. The monoisotopic (exact) mass is 383 g/mol. The first kappa shape index (κ1) is 16.8. The van der Waals surface area contributed by atoms with Crippen molar-refractivity contribution in [2.45, 2.75) is 10.9 Å². The van der Waals surface area contributed by atoms with Gasteiger partial charge in [0.15, 0.2) is 11.0 Å². The van der Waals surface area contributed by atoms with Crippen LogP contribution in [0.15, 0.2) is 64.7 Å². The number of pyridine rings is 1. The minimum Gasteiger partial charge on any atom is -0.305 e. The van der Waals surface area contributed by atoms with Crippen molar-refractivity contribution in [1.82, 2.24) is 24.1 Å². The SMILES string of the molecule is Cn1c(SCc2cc(=O)n3ccccc3n2)nnc1-c1ccc(Cl)cc1. The highest BCUT2D eigenvalue weighted by atomic mass is 35.5. The van der Waals surface area contributed by atoms with E-state index in [0.29, 0.717) is 22.1 Å². The molecule has 0 aliphatic heterocycles. The Morgan fingerprint density at radius 2 is 1.92 bits per heavy atom. The second kappa shape index (κ2) is 6.93. The lowest BCUT2D eigenvalue weighted by atomic mass is 10.2. The Balaban J connectivity index is 1.57. The molecule has 0 bridgehead atoms. The zero-order valence-electron chi connectivity index (χ0n) is 13.8. The van der Waals surface area contributed by atoms with Crippen molar-refractivity contribution in [1.29, 1.82) is 0 Å². The van der Waals surface area contributed by atoms with Gasteiger partial charge in [-0.05, 0) is 36.4 Å². The van der Waals surface area contributed by atoms with Gasteiger partial charge in [-0.15, -0.1) is 10.2 Å². The molecule has 0 atom stereocenters. The number of nitrogens with zero attached hydrogens (tertiary/aromatic N) is 5. The van der Waals surface area contributed by atoms with E-state index in [9.17, 15) is 4.79 Å². The van der Waals surface area contributed by atoms with Crippen LogP contribution in [-0.4, -0.2) is 24.1 Å².